The molecule has 2 atom stereocenters. The summed E-state index contributed by atoms with van der Waals surface area (Å²) >= 11 is 17.7. The molecule has 0 spiro atoms. The number of sulfone groups is 1. The van der Waals surface area contributed by atoms with E-state index < -0.39 is 19.9 Å². The third-order valence-electron chi connectivity index (χ3n) is 3.87. The van der Waals surface area contributed by atoms with E-state index in [0.29, 0.717) is 12.2 Å². The zero-order valence-corrected chi connectivity index (χ0v) is 17.9. The molecule has 150 valence electrons. The number of alkyl halides is 3. The first-order valence-electron chi connectivity index (χ1n) is 8.34. The maximum atomic E-state index is 11.9. The van der Waals surface area contributed by atoms with Crippen LogP contribution in [0.25, 0.3) is 0 Å². The fraction of sp³-hybridized carbons (Fsp3) is 0.529. The van der Waals surface area contributed by atoms with Crippen molar-refractivity contribution >= 4 is 56.8 Å². The SMILES string of the molecule is CC(C)C(=O)N[C@H](Oc1ccc(C=N[C@H]2CCS(=O)(=O)C2)cc1)C(Cl)(Cl)Cl. The van der Waals surface area contributed by atoms with Gasteiger partial charge < -0.3 is 10.1 Å². The van der Waals surface area contributed by atoms with Gasteiger partial charge in [-0.3, -0.25) is 9.79 Å². The lowest BCUT2D eigenvalue weighted by Crippen LogP contribution is -2.49. The van der Waals surface area contributed by atoms with Gasteiger partial charge in [-0.05, 0) is 36.2 Å². The number of nitrogens with zero attached hydrogens (tertiary/aromatic N) is 1. The standard InChI is InChI=1S/C17H21Cl3N2O4S/c1-11(2)15(23)22-16(17(18,19)20)26-14-5-3-12(4-6-14)9-21-13-7-8-27(24,25)10-13/h3-6,9,11,13,16H,7-8,10H2,1-2H3,(H,22,23)/t13-,16+/m0/s1. The second-order valence-corrected chi connectivity index (χ2v) is 11.2. The van der Waals surface area contributed by atoms with Crippen LogP contribution in [-0.2, 0) is 14.6 Å². The molecule has 0 unspecified atom stereocenters. The molecule has 1 fully saturated rings. The van der Waals surface area contributed by atoms with E-state index in [1.807, 2.05) is 0 Å². The summed E-state index contributed by atoms with van der Waals surface area (Å²) in [4.78, 5) is 16.2. The van der Waals surface area contributed by atoms with Gasteiger partial charge in [-0.25, -0.2) is 8.42 Å². The summed E-state index contributed by atoms with van der Waals surface area (Å²) in [6, 6.07) is 6.57. The lowest BCUT2D eigenvalue weighted by atomic mass is 10.2. The van der Waals surface area contributed by atoms with Crippen LogP contribution in [0.1, 0.15) is 25.8 Å². The Morgan fingerprint density at radius 1 is 1.30 bits per heavy atom. The van der Waals surface area contributed by atoms with Gasteiger partial charge in [0.05, 0.1) is 17.5 Å². The Bertz CT molecular complexity index is 789. The Kier molecular flexibility index (Phi) is 7.41. The van der Waals surface area contributed by atoms with Crippen molar-refractivity contribution in [2.24, 2.45) is 10.9 Å². The van der Waals surface area contributed by atoms with E-state index in [4.69, 9.17) is 39.5 Å². The van der Waals surface area contributed by atoms with Gasteiger partial charge in [0.25, 0.3) is 0 Å². The molecule has 0 saturated carbocycles. The fourth-order valence-corrected chi connectivity index (χ4v) is 4.26. The van der Waals surface area contributed by atoms with Crippen LogP contribution in [0.2, 0.25) is 0 Å². The first kappa shape index (κ1) is 22.3. The number of carbonyl (C=O) groups excluding carboxylic acids is 1. The molecule has 1 N–H and O–H groups in total. The van der Waals surface area contributed by atoms with Crippen LogP contribution in [0.4, 0.5) is 0 Å². The second-order valence-electron chi connectivity index (χ2n) is 6.61. The van der Waals surface area contributed by atoms with Crippen LogP contribution in [0.3, 0.4) is 0 Å². The number of hydrogen-bond donors (Lipinski definition) is 1. The minimum absolute atomic E-state index is 0.0885. The molecule has 1 aliphatic heterocycles. The van der Waals surface area contributed by atoms with Gasteiger partial charge in [0.15, 0.2) is 9.84 Å². The van der Waals surface area contributed by atoms with Crippen LogP contribution in [0.15, 0.2) is 29.3 Å². The zero-order valence-electron chi connectivity index (χ0n) is 14.9. The number of rotatable bonds is 6. The predicted molar refractivity (Wildman–Crippen MR) is 109 cm³/mol. The molecule has 1 aromatic rings. The van der Waals surface area contributed by atoms with Gasteiger partial charge in [-0.15, -0.1) is 0 Å². The summed E-state index contributed by atoms with van der Waals surface area (Å²) in [6.07, 6.45) is 1.02. The van der Waals surface area contributed by atoms with E-state index >= 15 is 0 Å². The number of halogens is 3. The fourth-order valence-electron chi connectivity index (χ4n) is 2.33. The Morgan fingerprint density at radius 2 is 1.93 bits per heavy atom. The minimum atomic E-state index is -2.96. The summed E-state index contributed by atoms with van der Waals surface area (Å²) in [6.45, 7) is 3.43. The van der Waals surface area contributed by atoms with Gasteiger partial charge in [0.1, 0.15) is 5.75 Å². The summed E-state index contributed by atoms with van der Waals surface area (Å²) in [5.74, 6) is 0.0759. The van der Waals surface area contributed by atoms with E-state index in [-0.39, 0.29) is 29.4 Å². The van der Waals surface area contributed by atoms with Gasteiger partial charge in [-0.1, -0.05) is 48.7 Å². The van der Waals surface area contributed by atoms with Gasteiger partial charge in [0.2, 0.25) is 15.9 Å². The van der Waals surface area contributed by atoms with Gasteiger partial charge >= 0.3 is 0 Å². The summed E-state index contributed by atoms with van der Waals surface area (Å²) in [7, 11) is -2.96. The zero-order chi connectivity index (χ0) is 20.2. The number of benzene rings is 1. The monoisotopic (exact) mass is 454 g/mol. The van der Waals surface area contributed by atoms with E-state index in [1.165, 1.54) is 0 Å². The number of amides is 1. The molecule has 0 bridgehead atoms. The first-order valence-corrected chi connectivity index (χ1v) is 11.3. The van der Waals surface area contributed by atoms with Crippen molar-refractivity contribution in [2.45, 2.75) is 36.3 Å². The molecule has 10 heteroatoms. The largest absolute Gasteiger partial charge is 0.466 e. The molecule has 6 nitrogen and oxygen atoms in total. The second kappa shape index (κ2) is 8.99. The minimum Gasteiger partial charge on any atom is -0.466 e. The third kappa shape index (κ3) is 7.14. The van der Waals surface area contributed by atoms with Crippen LogP contribution < -0.4 is 10.1 Å². The highest BCUT2D eigenvalue weighted by atomic mass is 35.6. The summed E-state index contributed by atoms with van der Waals surface area (Å²) in [5, 5.41) is 2.55. The molecule has 1 aromatic carbocycles. The predicted octanol–water partition coefficient (Wildman–Crippen LogP) is 3.14. The maximum absolute atomic E-state index is 11.9. The van der Waals surface area contributed by atoms with E-state index in [9.17, 15) is 13.2 Å². The van der Waals surface area contributed by atoms with Crippen molar-refractivity contribution in [3.8, 4) is 5.75 Å². The number of nitrogens with one attached hydrogen (secondary N) is 1. The molecule has 0 radical (unpaired) electrons. The molecule has 1 heterocycles. The van der Waals surface area contributed by atoms with E-state index in [2.05, 4.69) is 10.3 Å². The van der Waals surface area contributed by atoms with Crippen LogP contribution in [0.5, 0.6) is 5.75 Å². The van der Waals surface area contributed by atoms with E-state index in [0.717, 1.165) is 5.56 Å². The molecule has 1 amide bonds. The van der Waals surface area contributed by atoms with Gasteiger partial charge in [0, 0.05) is 12.1 Å². The Morgan fingerprint density at radius 3 is 2.41 bits per heavy atom. The topological polar surface area (TPSA) is 84.8 Å². The number of aliphatic imine (C=N–C) groups is 1. The Labute approximate surface area is 174 Å². The van der Waals surface area contributed by atoms with Crippen LogP contribution in [0, 0.1) is 5.92 Å². The highest BCUT2D eigenvalue weighted by Crippen LogP contribution is 2.32. The van der Waals surface area contributed by atoms with Crippen molar-refractivity contribution < 1.29 is 17.9 Å². The molecule has 1 saturated heterocycles. The Hall–Kier alpha value is -1.02. The highest BCUT2D eigenvalue weighted by molar-refractivity contribution is 7.91. The smallest absolute Gasteiger partial charge is 0.246 e. The molecule has 27 heavy (non-hydrogen) atoms. The van der Waals surface area contributed by atoms with Crippen molar-refractivity contribution in [1.29, 1.82) is 0 Å². The lowest BCUT2D eigenvalue weighted by Gasteiger charge is -2.27. The maximum Gasteiger partial charge on any atom is 0.246 e. The van der Waals surface area contributed by atoms with Crippen molar-refractivity contribution in [3.63, 3.8) is 0 Å². The number of carbonyl (C=O) groups is 1. The van der Waals surface area contributed by atoms with Crippen LogP contribution >= 0.6 is 34.8 Å². The van der Waals surface area contributed by atoms with Gasteiger partial charge in [-0.2, -0.15) is 0 Å². The molecule has 2 rings (SSSR count). The van der Waals surface area contributed by atoms with Crippen molar-refractivity contribution in [1.82, 2.24) is 5.32 Å². The van der Waals surface area contributed by atoms with Crippen molar-refractivity contribution in [2.75, 3.05) is 11.5 Å². The average molecular weight is 456 g/mol. The summed E-state index contributed by atoms with van der Waals surface area (Å²) < 4.78 is 26.7. The first-order chi connectivity index (χ1) is 12.5. The van der Waals surface area contributed by atoms with E-state index in [1.54, 1.807) is 44.3 Å². The average Bonchev–Trinajstić information content (AvgIpc) is 2.91. The molecule has 0 aromatic heterocycles. The highest BCUT2D eigenvalue weighted by Gasteiger charge is 2.36. The van der Waals surface area contributed by atoms with Crippen molar-refractivity contribution in [3.05, 3.63) is 29.8 Å². The molecular formula is C17H21Cl3N2O4S. The number of ether oxygens (including phenoxy) is 1. The third-order valence-corrected chi connectivity index (χ3v) is 6.22. The lowest BCUT2D eigenvalue weighted by molar-refractivity contribution is -0.126. The Balaban J connectivity index is 2.01. The summed E-state index contributed by atoms with van der Waals surface area (Å²) in [5.41, 5.74) is 0.781. The molecule has 0 aliphatic carbocycles. The normalized spacial score (nSPS) is 20.7. The van der Waals surface area contributed by atoms with Crippen LogP contribution in [-0.4, -0.2) is 48.1 Å². The quantitative estimate of drug-likeness (QED) is 0.406. The molecule has 1 aliphatic rings. The molecular weight excluding hydrogens is 435 g/mol. The number of hydrogen-bond acceptors (Lipinski definition) is 5.